The van der Waals surface area contributed by atoms with Crippen molar-refractivity contribution in [3.8, 4) is 0 Å². The summed E-state index contributed by atoms with van der Waals surface area (Å²) in [7, 11) is 2.02. The van der Waals surface area contributed by atoms with E-state index in [1.807, 2.05) is 32.3 Å². The molecule has 0 radical (unpaired) electrons. The molecule has 5 nitrogen and oxygen atoms in total. The Labute approximate surface area is 131 Å². The molecule has 0 bridgehead atoms. The highest BCUT2D eigenvalue weighted by atomic mass is 16.3. The van der Waals surface area contributed by atoms with Crippen molar-refractivity contribution in [1.82, 2.24) is 15.0 Å². The minimum absolute atomic E-state index is 0.169. The SMILES string of the molecule is Cc1nc(C2CC(O)C2)cc(N(C)Cc2ncccc2C)n1. The van der Waals surface area contributed by atoms with Gasteiger partial charge in [0.15, 0.2) is 0 Å². The van der Waals surface area contributed by atoms with E-state index in [-0.39, 0.29) is 6.10 Å². The number of hydrogen-bond donors (Lipinski definition) is 1. The topological polar surface area (TPSA) is 62.1 Å². The molecule has 0 spiro atoms. The maximum Gasteiger partial charge on any atom is 0.132 e. The molecule has 5 heteroatoms. The number of aromatic nitrogens is 3. The minimum Gasteiger partial charge on any atom is -0.393 e. The van der Waals surface area contributed by atoms with Gasteiger partial charge in [-0.25, -0.2) is 9.97 Å². The Balaban J connectivity index is 1.80. The number of aryl methyl sites for hydroxylation is 2. The molecule has 0 aromatic carbocycles. The molecule has 0 saturated heterocycles. The molecule has 22 heavy (non-hydrogen) atoms. The highest BCUT2D eigenvalue weighted by molar-refractivity contribution is 5.41. The van der Waals surface area contributed by atoms with Crippen LogP contribution in [0.5, 0.6) is 0 Å². The van der Waals surface area contributed by atoms with Crippen LogP contribution in [0.3, 0.4) is 0 Å². The van der Waals surface area contributed by atoms with Crippen molar-refractivity contribution in [3.05, 3.63) is 47.2 Å². The fourth-order valence-electron chi connectivity index (χ4n) is 2.80. The molecule has 2 aromatic rings. The number of pyridine rings is 1. The summed E-state index contributed by atoms with van der Waals surface area (Å²) < 4.78 is 0. The molecular weight excluding hydrogens is 276 g/mol. The second-order valence-corrected chi connectivity index (χ2v) is 6.14. The van der Waals surface area contributed by atoms with E-state index in [9.17, 15) is 5.11 Å². The molecule has 3 rings (SSSR count). The van der Waals surface area contributed by atoms with Crippen molar-refractivity contribution in [2.45, 2.75) is 45.3 Å². The Hall–Kier alpha value is -2.01. The van der Waals surface area contributed by atoms with Gasteiger partial charge in [0, 0.05) is 30.9 Å². The van der Waals surface area contributed by atoms with Gasteiger partial charge in [-0.1, -0.05) is 6.07 Å². The normalized spacial score (nSPS) is 20.5. The molecule has 0 atom stereocenters. The summed E-state index contributed by atoms with van der Waals surface area (Å²) in [5.41, 5.74) is 3.28. The predicted octanol–water partition coefficient (Wildman–Crippen LogP) is 2.36. The third-order valence-corrected chi connectivity index (χ3v) is 4.27. The average molecular weight is 298 g/mol. The average Bonchev–Trinajstić information content (AvgIpc) is 2.45. The van der Waals surface area contributed by atoms with Crippen molar-refractivity contribution in [2.75, 3.05) is 11.9 Å². The summed E-state index contributed by atoms with van der Waals surface area (Å²) in [4.78, 5) is 15.6. The zero-order chi connectivity index (χ0) is 15.7. The Bertz CT molecular complexity index is 667. The second-order valence-electron chi connectivity index (χ2n) is 6.14. The monoisotopic (exact) mass is 298 g/mol. The van der Waals surface area contributed by atoms with Crippen molar-refractivity contribution < 1.29 is 5.11 Å². The summed E-state index contributed by atoms with van der Waals surface area (Å²) in [5.74, 6) is 2.05. The predicted molar refractivity (Wildman–Crippen MR) is 85.8 cm³/mol. The van der Waals surface area contributed by atoms with Gasteiger partial charge >= 0.3 is 0 Å². The van der Waals surface area contributed by atoms with Gasteiger partial charge in [0.05, 0.1) is 18.3 Å². The Kier molecular flexibility index (Phi) is 4.07. The van der Waals surface area contributed by atoms with E-state index in [0.29, 0.717) is 5.92 Å². The summed E-state index contributed by atoms with van der Waals surface area (Å²) in [5, 5.41) is 9.49. The standard InChI is InChI=1S/C17H22N4O/c1-11-5-4-6-18-16(11)10-21(3)17-9-15(19-12(2)20-17)13-7-14(22)8-13/h4-6,9,13-14,22H,7-8,10H2,1-3H3. The minimum atomic E-state index is -0.169. The van der Waals surface area contributed by atoms with Crippen LogP contribution in [-0.2, 0) is 6.54 Å². The van der Waals surface area contributed by atoms with E-state index >= 15 is 0 Å². The van der Waals surface area contributed by atoms with E-state index in [2.05, 4.69) is 32.8 Å². The molecule has 2 heterocycles. The van der Waals surface area contributed by atoms with Crippen LogP contribution in [0.4, 0.5) is 5.82 Å². The van der Waals surface area contributed by atoms with E-state index in [1.165, 1.54) is 5.56 Å². The van der Waals surface area contributed by atoms with Gasteiger partial charge in [-0.05, 0) is 38.3 Å². The zero-order valence-corrected chi connectivity index (χ0v) is 13.3. The fourth-order valence-corrected chi connectivity index (χ4v) is 2.80. The molecule has 0 unspecified atom stereocenters. The van der Waals surface area contributed by atoms with Crippen molar-refractivity contribution in [3.63, 3.8) is 0 Å². The lowest BCUT2D eigenvalue weighted by atomic mass is 9.80. The van der Waals surface area contributed by atoms with Gasteiger partial charge in [-0.3, -0.25) is 4.98 Å². The Morgan fingerprint density at radius 2 is 2.05 bits per heavy atom. The van der Waals surface area contributed by atoms with Crippen LogP contribution in [-0.4, -0.2) is 33.2 Å². The quantitative estimate of drug-likeness (QED) is 0.939. The van der Waals surface area contributed by atoms with Crippen LogP contribution in [0.15, 0.2) is 24.4 Å². The summed E-state index contributed by atoms with van der Waals surface area (Å²) in [6.07, 6.45) is 3.26. The third-order valence-electron chi connectivity index (χ3n) is 4.27. The first kappa shape index (κ1) is 14.9. The highest BCUT2D eigenvalue weighted by Crippen LogP contribution is 2.36. The molecule has 1 aliphatic carbocycles. The van der Waals surface area contributed by atoms with Crippen LogP contribution in [0.25, 0.3) is 0 Å². The number of nitrogens with zero attached hydrogens (tertiary/aromatic N) is 4. The highest BCUT2D eigenvalue weighted by Gasteiger charge is 2.30. The van der Waals surface area contributed by atoms with Crippen LogP contribution < -0.4 is 4.90 Å². The zero-order valence-electron chi connectivity index (χ0n) is 13.3. The van der Waals surface area contributed by atoms with Crippen molar-refractivity contribution >= 4 is 5.82 Å². The van der Waals surface area contributed by atoms with Crippen LogP contribution in [0.1, 0.15) is 41.5 Å². The largest absolute Gasteiger partial charge is 0.393 e. The lowest BCUT2D eigenvalue weighted by molar-refractivity contribution is 0.0731. The maximum absolute atomic E-state index is 9.49. The number of anilines is 1. The first-order valence-electron chi connectivity index (χ1n) is 7.68. The molecule has 1 N–H and O–H groups in total. The number of aliphatic hydroxyl groups excluding tert-OH is 1. The molecule has 116 valence electrons. The molecule has 0 amide bonds. The Morgan fingerprint density at radius 3 is 2.73 bits per heavy atom. The summed E-state index contributed by atoms with van der Waals surface area (Å²) in [6.45, 7) is 4.71. The number of aliphatic hydroxyl groups is 1. The summed E-state index contributed by atoms with van der Waals surface area (Å²) >= 11 is 0. The van der Waals surface area contributed by atoms with E-state index in [0.717, 1.165) is 42.4 Å². The molecule has 0 aliphatic heterocycles. The summed E-state index contributed by atoms with van der Waals surface area (Å²) in [6, 6.07) is 6.07. The number of rotatable bonds is 4. The van der Waals surface area contributed by atoms with Crippen LogP contribution in [0, 0.1) is 13.8 Å². The fraction of sp³-hybridized carbons (Fsp3) is 0.471. The van der Waals surface area contributed by atoms with Gasteiger partial charge in [0.25, 0.3) is 0 Å². The number of hydrogen-bond acceptors (Lipinski definition) is 5. The van der Waals surface area contributed by atoms with E-state index < -0.39 is 0 Å². The maximum atomic E-state index is 9.49. The molecule has 2 aromatic heterocycles. The second kappa shape index (κ2) is 6.01. The van der Waals surface area contributed by atoms with Gasteiger partial charge in [-0.15, -0.1) is 0 Å². The van der Waals surface area contributed by atoms with E-state index in [1.54, 1.807) is 0 Å². The molecule has 1 fully saturated rings. The lowest BCUT2D eigenvalue weighted by Gasteiger charge is -2.31. The smallest absolute Gasteiger partial charge is 0.132 e. The first-order chi connectivity index (χ1) is 10.5. The van der Waals surface area contributed by atoms with E-state index in [4.69, 9.17) is 0 Å². The molecule has 1 saturated carbocycles. The molecular formula is C17H22N4O. The molecule has 1 aliphatic rings. The van der Waals surface area contributed by atoms with Gasteiger partial charge < -0.3 is 10.0 Å². The van der Waals surface area contributed by atoms with Crippen molar-refractivity contribution in [2.24, 2.45) is 0 Å². The van der Waals surface area contributed by atoms with Gasteiger partial charge in [-0.2, -0.15) is 0 Å². The Morgan fingerprint density at radius 1 is 1.27 bits per heavy atom. The third kappa shape index (κ3) is 3.09. The van der Waals surface area contributed by atoms with Gasteiger partial charge in [0.2, 0.25) is 0 Å². The van der Waals surface area contributed by atoms with Gasteiger partial charge in [0.1, 0.15) is 11.6 Å². The van der Waals surface area contributed by atoms with Crippen LogP contribution >= 0.6 is 0 Å². The van der Waals surface area contributed by atoms with Crippen LogP contribution in [0.2, 0.25) is 0 Å². The van der Waals surface area contributed by atoms with Crippen molar-refractivity contribution in [1.29, 1.82) is 0 Å². The first-order valence-corrected chi connectivity index (χ1v) is 7.68. The lowest BCUT2D eigenvalue weighted by Crippen LogP contribution is -2.28.